The number of hydrogen-bond donors (Lipinski definition) is 0. The van der Waals surface area contributed by atoms with Gasteiger partial charge in [0.1, 0.15) is 5.69 Å². The summed E-state index contributed by atoms with van der Waals surface area (Å²) in [5.74, 6) is -0.0673. The van der Waals surface area contributed by atoms with E-state index in [1.807, 2.05) is 18.3 Å². The van der Waals surface area contributed by atoms with E-state index in [0.29, 0.717) is 5.69 Å². The van der Waals surface area contributed by atoms with Crippen molar-refractivity contribution >= 4 is 22.9 Å². The van der Waals surface area contributed by atoms with Crippen LogP contribution in [0.25, 0.3) is 0 Å². The molecule has 26 heavy (non-hydrogen) atoms. The van der Waals surface area contributed by atoms with Crippen LogP contribution in [0.15, 0.2) is 60.4 Å². The van der Waals surface area contributed by atoms with Crippen LogP contribution in [0, 0.1) is 0 Å². The van der Waals surface area contributed by atoms with Crippen LogP contribution in [0.3, 0.4) is 0 Å². The van der Waals surface area contributed by atoms with Crippen LogP contribution in [0.4, 0.5) is 11.4 Å². The topological polar surface area (TPSA) is 45.6 Å². The lowest BCUT2D eigenvalue weighted by Crippen LogP contribution is -2.23. The van der Waals surface area contributed by atoms with Gasteiger partial charge in [0.25, 0.3) is 0 Å². The number of aromatic nitrogens is 1. The van der Waals surface area contributed by atoms with Crippen molar-refractivity contribution in [3.63, 3.8) is 0 Å². The minimum Gasteiger partial charge on any atom is -0.348 e. The van der Waals surface area contributed by atoms with E-state index in [9.17, 15) is 4.79 Å². The Kier molecular flexibility index (Phi) is 4.25. The molecular formula is C22H21N3O. The van der Waals surface area contributed by atoms with Crippen LogP contribution in [0.2, 0.25) is 0 Å². The highest BCUT2D eigenvalue weighted by atomic mass is 16.1. The second-order valence-corrected chi connectivity index (χ2v) is 6.54. The molecule has 0 saturated heterocycles. The summed E-state index contributed by atoms with van der Waals surface area (Å²) in [6, 6.07) is 8.18. The molecule has 130 valence electrons. The molecule has 2 heterocycles. The maximum absolute atomic E-state index is 12.0. The van der Waals surface area contributed by atoms with E-state index in [0.717, 1.165) is 42.8 Å². The zero-order valence-electron chi connectivity index (χ0n) is 14.9. The molecule has 4 rings (SSSR count). The van der Waals surface area contributed by atoms with Crippen molar-refractivity contribution in [1.29, 1.82) is 0 Å². The number of hydrogen-bond acceptors (Lipinski definition) is 4. The zero-order valence-corrected chi connectivity index (χ0v) is 14.9. The number of benzene rings is 1. The van der Waals surface area contributed by atoms with Gasteiger partial charge in [-0.15, -0.1) is 0 Å². The summed E-state index contributed by atoms with van der Waals surface area (Å²) < 4.78 is 0. The molecule has 0 amide bonds. The van der Waals surface area contributed by atoms with Crippen molar-refractivity contribution < 1.29 is 4.79 Å². The van der Waals surface area contributed by atoms with Crippen molar-refractivity contribution in [3.05, 3.63) is 77.8 Å². The van der Waals surface area contributed by atoms with Crippen molar-refractivity contribution in [2.75, 3.05) is 11.4 Å². The highest BCUT2D eigenvalue weighted by Gasteiger charge is 2.20. The van der Waals surface area contributed by atoms with Gasteiger partial charge in [-0.25, -0.2) is 4.99 Å². The number of ketones is 1. The minimum absolute atomic E-state index is 0.0673. The highest BCUT2D eigenvalue weighted by molar-refractivity contribution is 6.23. The first-order valence-electron chi connectivity index (χ1n) is 9.02. The molecule has 0 unspecified atom stereocenters. The third-order valence-electron chi connectivity index (χ3n) is 4.99. The van der Waals surface area contributed by atoms with Crippen molar-refractivity contribution in [1.82, 2.24) is 4.98 Å². The van der Waals surface area contributed by atoms with Gasteiger partial charge >= 0.3 is 0 Å². The Labute approximate surface area is 153 Å². The summed E-state index contributed by atoms with van der Waals surface area (Å²) in [4.78, 5) is 23.4. The van der Waals surface area contributed by atoms with E-state index in [2.05, 4.69) is 35.5 Å². The van der Waals surface area contributed by atoms with Crippen LogP contribution in [-0.4, -0.2) is 23.0 Å². The summed E-state index contributed by atoms with van der Waals surface area (Å²) in [7, 11) is 0. The highest BCUT2D eigenvalue weighted by Crippen LogP contribution is 2.35. The minimum atomic E-state index is -0.0673. The second kappa shape index (κ2) is 6.71. The Morgan fingerprint density at radius 1 is 1.35 bits per heavy atom. The van der Waals surface area contributed by atoms with Crippen LogP contribution in [0.5, 0.6) is 0 Å². The van der Waals surface area contributed by atoms with Gasteiger partial charge in [0.15, 0.2) is 0 Å². The number of allylic oxidation sites excluding steroid dienone is 2. The lowest BCUT2D eigenvalue weighted by atomic mass is 9.96. The first-order chi connectivity index (χ1) is 12.7. The maximum Gasteiger partial charge on any atom is 0.204 e. The molecule has 4 heteroatoms. The van der Waals surface area contributed by atoms with Gasteiger partial charge in [-0.3, -0.25) is 9.78 Å². The number of carbonyl (C=O) groups is 1. The normalized spacial score (nSPS) is 17.2. The molecule has 1 aromatic carbocycles. The quantitative estimate of drug-likeness (QED) is 0.829. The van der Waals surface area contributed by atoms with E-state index < -0.39 is 0 Å². The van der Waals surface area contributed by atoms with E-state index in [1.54, 1.807) is 18.3 Å². The molecule has 0 N–H and O–H groups in total. The van der Waals surface area contributed by atoms with Gasteiger partial charge in [-0.05, 0) is 73.0 Å². The summed E-state index contributed by atoms with van der Waals surface area (Å²) in [5, 5.41) is 0. The SMILES string of the molecule is C=CN1CCCc2cc(N=C3C=CC(=O)c4ncccc43)c(CC)cc21. The lowest BCUT2D eigenvalue weighted by molar-refractivity contribution is 0.104. The van der Waals surface area contributed by atoms with Crippen molar-refractivity contribution in [3.8, 4) is 0 Å². The monoisotopic (exact) mass is 343 g/mol. The van der Waals surface area contributed by atoms with Crippen molar-refractivity contribution in [2.24, 2.45) is 4.99 Å². The first kappa shape index (κ1) is 16.5. The predicted octanol–water partition coefficient (Wildman–Crippen LogP) is 4.41. The van der Waals surface area contributed by atoms with Crippen LogP contribution in [-0.2, 0) is 12.8 Å². The standard InChI is InChI=1S/C22H21N3O/c1-3-15-14-20-16(7-6-12-25(20)4-2)13-19(15)24-18-9-10-21(26)22-17(18)8-5-11-23-22/h4-5,8-11,13-14H,2-3,6-7,12H2,1H3. The van der Waals surface area contributed by atoms with Crippen LogP contribution >= 0.6 is 0 Å². The maximum atomic E-state index is 12.0. The largest absolute Gasteiger partial charge is 0.348 e. The second-order valence-electron chi connectivity index (χ2n) is 6.54. The van der Waals surface area contributed by atoms with E-state index in [4.69, 9.17) is 4.99 Å². The van der Waals surface area contributed by atoms with E-state index in [1.165, 1.54) is 16.8 Å². The van der Waals surface area contributed by atoms with Crippen LogP contribution < -0.4 is 4.90 Å². The molecule has 0 bridgehead atoms. The number of aliphatic imine (C=N–C) groups is 1. The average Bonchev–Trinajstić information content (AvgIpc) is 2.69. The Hall–Kier alpha value is -3.01. The summed E-state index contributed by atoms with van der Waals surface area (Å²) >= 11 is 0. The summed E-state index contributed by atoms with van der Waals surface area (Å²) in [6.45, 7) is 7.09. The molecule has 0 fully saturated rings. The molecule has 2 aliphatic rings. The number of pyridine rings is 1. The molecule has 1 aromatic heterocycles. The number of rotatable bonds is 3. The number of aryl methyl sites for hydroxylation is 2. The van der Waals surface area contributed by atoms with Gasteiger partial charge in [-0.2, -0.15) is 0 Å². The zero-order chi connectivity index (χ0) is 18.1. The van der Waals surface area contributed by atoms with Gasteiger partial charge < -0.3 is 4.90 Å². The molecule has 0 spiro atoms. The number of anilines is 1. The van der Waals surface area contributed by atoms with E-state index in [-0.39, 0.29) is 5.78 Å². The molecular weight excluding hydrogens is 322 g/mol. The molecule has 1 aliphatic heterocycles. The van der Waals surface area contributed by atoms with Crippen molar-refractivity contribution in [2.45, 2.75) is 26.2 Å². The average molecular weight is 343 g/mol. The van der Waals surface area contributed by atoms with Crippen LogP contribution in [0.1, 0.15) is 40.5 Å². The Morgan fingerprint density at radius 3 is 3.04 bits per heavy atom. The fourth-order valence-electron chi connectivity index (χ4n) is 3.63. The van der Waals surface area contributed by atoms with E-state index >= 15 is 0 Å². The molecule has 0 saturated carbocycles. The van der Waals surface area contributed by atoms with Gasteiger partial charge in [0, 0.05) is 24.0 Å². The van der Waals surface area contributed by atoms with Gasteiger partial charge in [0.05, 0.1) is 11.4 Å². The Bertz CT molecular complexity index is 956. The third kappa shape index (κ3) is 2.77. The number of nitrogens with zero attached hydrogens (tertiary/aromatic N) is 3. The number of fused-ring (bicyclic) bond motifs is 2. The molecule has 2 aromatic rings. The smallest absolute Gasteiger partial charge is 0.204 e. The lowest BCUT2D eigenvalue weighted by Gasteiger charge is -2.29. The third-order valence-corrected chi connectivity index (χ3v) is 4.99. The molecule has 0 atom stereocenters. The van der Waals surface area contributed by atoms with Gasteiger partial charge in [0.2, 0.25) is 5.78 Å². The first-order valence-corrected chi connectivity index (χ1v) is 9.02. The fraction of sp³-hybridized carbons (Fsp3) is 0.227. The summed E-state index contributed by atoms with van der Waals surface area (Å²) in [5.41, 5.74) is 6.77. The summed E-state index contributed by atoms with van der Waals surface area (Å²) in [6.07, 6.45) is 9.95. The molecule has 4 nitrogen and oxygen atoms in total. The fourth-order valence-corrected chi connectivity index (χ4v) is 3.63. The molecule has 1 aliphatic carbocycles. The Balaban J connectivity index is 1.84. The number of carbonyl (C=O) groups excluding carboxylic acids is 1. The predicted molar refractivity (Wildman–Crippen MR) is 106 cm³/mol. The molecule has 0 radical (unpaired) electrons. The van der Waals surface area contributed by atoms with Gasteiger partial charge in [-0.1, -0.05) is 13.5 Å². The Morgan fingerprint density at radius 2 is 2.23 bits per heavy atom.